The molecule has 33 heavy (non-hydrogen) atoms. The molecule has 3 heteroatoms. The van der Waals surface area contributed by atoms with Gasteiger partial charge in [0.1, 0.15) is 0 Å². The molecule has 0 aromatic heterocycles. The van der Waals surface area contributed by atoms with Crippen LogP contribution in [0.25, 0.3) is 0 Å². The Kier molecular flexibility index (Phi) is 6.30. The van der Waals surface area contributed by atoms with Gasteiger partial charge in [-0.15, -0.1) is 0 Å². The average molecular weight is 455 g/mol. The van der Waals surface area contributed by atoms with Crippen molar-refractivity contribution in [3.8, 4) is 0 Å². The van der Waals surface area contributed by atoms with Crippen LogP contribution >= 0.6 is 0 Å². The Labute approximate surface area is 201 Å². The smallest absolute Gasteiger partial charge is 0.306 e. The average Bonchev–Trinajstić information content (AvgIpc) is 3.11. The second-order valence-electron chi connectivity index (χ2n) is 13.1. The van der Waals surface area contributed by atoms with Gasteiger partial charge in [0, 0.05) is 5.41 Å². The van der Waals surface area contributed by atoms with Gasteiger partial charge < -0.3 is 9.84 Å². The number of ether oxygens (including phenoxy) is 1. The highest BCUT2D eigenvalue weighted by Gasteiger charge is 2.69. The van der Waals surface area contributed by atoms with E-state index in [4.69, 9.17) is 4.74 Å². The molecule has 0 aromatic rings. The van der Waals surface area contributed by atoms with Crippen molar-refractivity contribution in [3.63, 3.8) is 0 Å². The van der Waals surface area contributed by atoms with Crippen molar-refractivity contribution < 1.29 is 14.6 Å². The lowest BCUT2D eigenvalue weighted by Crippen LogP contribution is -2.65. The fourth-order valence-corrected chi connectivity index (χ4v) is 9.01. The summed E-state index contributed by atoms with van der Waals surface area (Å²) in [6, 6.07) is 0. The summed E-state index contributed by atoms with van der Waals surface area (Å²) in [6.07, 6.45) is 15.9. The van der Waals surface area contributed by atoms with Crippen LogP contribution in [0.5, 0.6) is 0 Å². The molecule has 1 N–H and O–H groups in total. The highest BCUT2D eigenvalue weighted by atomic mass is 16.5. The molecule has 1 saturated heterocycles. The van der Waals surface area contributed by atoms with E-state index in [0.717, 1.165) is 32.1 Å². The van der Waals surface area contributed by atoms with E-state index in [1.807, 2.05) is 0 Å². The first-order valence-electron chi connectivity index (χ1n) is 13.2. The van der Waals surface area contributed by atoms with E-state index in [2.05, 4.69) is 72.8 Å². The van der Waals surface area contributed by atoms with Gasteiger partial charge >= 0.3 is 5.97 Å². The van der Waals surface area contributed by atoms with Crippen molar-refractivity contribution in [1.82, 2.24) is 0 Å². The number of esters is 1. The van der Waals surface area contributed by atoms with Crippen molar-refractivity contribution in [3.05, 3.63) is 35.5 Å². The molecule has 1 aliphatic heterocycles. The summed E-state index contributed by atoms with van der Waals surface area (Å²) >= 11 is 0. The third-order valence-corrected chi connectivity index (χ3v) is 10.8. The molecule has 4 rings (SSSR count). The lowest BCUT2D eigenvalue weighted by atomic mass is 9.35. The highest BCUT2D eigenvalue weighted by molar-refractivity contribution is 5.73. The Hall–Kier alpha value is -1.35. The number of hydrogen-bond donors (Lipinski definition) is 1. The second kappa shape index (κ2) is 8.40. The van der Waals surface area contributed by atoms with Crippen molar-refractivity contribution >= 4 is 5.97 Å². The molecule has 3 nitrogen and oxygen atoms in total. The SMILES string of the molecule is CC(C)=C/C=C/C(C)=C\[C@H]1CC[C@@H]2[C@@]3(C)CC[C@@H](O)C(C)(C)[C@@H]3CC[C@@]2(C)[C@@]12COC(=O)C2. The van der Waals surface area contributed by atoms with Gasteiger partial charge in [0.2, 0.25) is 0 Å². The number of allylic oxidation sites excluding steroid dienone is 6. The third-order valence-electron chi connectivity index (χ3n) is 10.8. The number of rotatable bonds is 3. The molecular formula is C30H46O3. The van der Waals surface area contributed by atoms with Crippen molar-refractivity contribution in [1.29, 1.82) is 0 Å². The van der Waals surface area contributed by atoms with Crippen molar-refractivity contribution in [2.45, 2.75) is 99.5 Å². The van der Waals surface area contributed by atoms with E-state index in [0.29, 0.717) is 30.8 Å². The van der Waals surface area contributed by atoms with Crippen LogP contribution in [0.4, 0.5) is 0 Å². The lowest BCUT2D eigenvalue weighted by molar-refractivity contribution is -0.222. The van der Waals surface area contributed by atoms with Crippen LogP contribution in [0.3, 0.4) is 0 Å². The molecule has 0 amide bonds. The Balaban J connectivity index is 1.72. The first-order chi connectivity index (χ1) is 15.4. The monoisotopic (exact) mass is 454 g/mol. The zero-order valence-electron chi connectivity index (χ0n) is 22.0. The minimum absolute atomic E-state index is 0.0142. The summed E-state index contributed by atoms with van der Waals surface area (Å²) in [5.41, 5.74) is 2.69. The fraction of sp³-hybridized carbons (Fsp3) is 0.767. The Morgan fingerprint density at radius 1 is 1.00 bits per heavy atom. The number of carbonyl (C=O) groups excluding carboxylic acids is 1. The van der Waals surface area contributed by atoms with E-state index >= 15 is 0 Å². The van der Waals surface area contributed by atoms with Gasteiger partial charge in [-0.25, -0.2) is 0 Å². The Morgan fingerprint density at radius 3 is 2.36 bits per heavy atom. The molecule has 4 aliphatic rings. The minimum atomic E-state index is -0.209. The van der Waals surface area contributed by atoms with Gasteiger partial charge in [-0.05, 0) is 93.3 Å². The van der Waals surface area contributed by atoms with Gasteiger partial charge in [0.15, 0.2) is 0 Å². The van der Waals surface area contributed by atoms with Crippen LogP contribution in [0, 0.1) is 39.4 Å². The van der Waals surface area contributed by atoms with Gasteiger partial charge in [0.05, 0.1) is 19.1 Å². The molecule has 0 unspecified atom stereocenters. The third kappa shape index (κ3) is 3.77. The summed E-state index contributed by atoms with van der Waals surface area (Å²) in [5.74, 6) is 1.45. The molecule has 0 bridgehead atoms. The van der Waals surface area contributed by atoms with Gasteiger partial charge in [0.25, 0.3) is 0 Å². The number of cyclic esters (lactones) is 1. The minimum Gasteiger partial charge on any atom is -0.465 e. The summed E-state index contributed by atoms with van der Waals surface area (Å²) in [7, 11) is 0. The molecule has 4 fully saturated rings. The normalized spacial score (nSPS) is 45.0. The molecule has 3 saturated carbocycles. The summed E-state index contributed by atoms with van der Waals surface area (Å²) in [5, 5.41) is 10.9. The van der Waals surface area contributed by atoms with E-state index in [1.54, 1.807) is 0 Å². The highest BCUT2D eigenvalue weighted by Crippen LogP contribution is 2.73. The van der Waals surface area contributed by atoms with Gasteiger partial charge in [-0.1, -0.05) is 63.1 Å². The topological polar surface area (TPSA) is 46.5 Å². The van der Waals surface area contributed by atoms with Gasteiger partial charge in [-0.2, -0.15) is 0 Å². The van der Waals surface area contributed by atoms with Crippen molar-refractivity contribution in [2.75, 3.05) is 6.61 Å². The maximum atomic E-state index is 12.6. The Bertz CT molecular complexity index is 875. The number of hydrogen-bond acceptors (Lipinski definition) is 3. The quantitative estimate of drug-likeness (QED) is 0.368. The summed E-state index contributed by atoms with van der Waals surface area (Å²) in [4.78, 5) is 12.6. The largest absolute Gasteiger partial charge is 0.465 e. The zero-order valence-corrected chi connectivity index (χ0v) is 22.0. The van der Waals surface area contributed by atoms with Gasteiger partial charge in [-0.3, -0.25) is 4.79 Å². The number of carbonyl (C=O) groups is 1. The maximum absolute atomic E-state index is 12.6. The molecular weight excluding hydrogens is 408 g/mol. The Morgan fingerprint density at radius 2 is 1.73 bits per heavy atom. The summed E-state index contributed by atoms with van der Waals surface area (Å²) < 4.78 is 5.78. The molecule has 184 valence electrons. The molecule has 3 aliphatic carbocycles. The lowest BCUT2D eigenvalue weighted by Gasteiger charge is -2.69. The molecule has 0 aromatic carbocycles. The maximum Gasteiger partial charge on any atom is 0.306 e. The number of aliphatic hydroxyl groups excluding tert-OH is 1. The van der Waals surface area contributed by atoms with Crippen LogP contribution < -0.4 is 0 Å². The van der Waals surface area contributed by atoms with Crippen LogP contribution in [-0.2, 0) is 9.53 Å². The predicted octanol–water partition coefficient (Wildman–Crippen LogP) is 7.02. The van der Waals surface area contributed by atoms with E-state index < -0.39 is 0 Å². The second-order valence-corrected chi connectivity index (χ2v) is 13.1. The standard InChI is InChI=1S/C30H46O3/c1-20(2)9-8-10-21(3)17-22-11-12-24-28(6)15-14-25(31)27(4,5)23(28)13-16-29(24,7)30(22)18-26(32)33-19-30/h8-10,17,22-25,31H,11-16,18-19H2,1-7H3/b10-8+,21-17-/t22-,23+,24-,25-,28+,29-,30+/m1/s1. The van der Waals surface area contributed by atoms with E-state index in [1.165, 1.54) is 17.6 Å². The predicted molar refractivity (Wildman–Crippen MR) is 135 cm³/mol. The summed E-state index contributed by atoms with van der Waals surface area (Å²) in [6.45, 7) is 16.6. The molecule has 0 radical (unpaired) electrons. The van der Waals surface area contributed by atoms with Crippen LogP contribution in [0.2, 0.25) is 0 Å². The van der Waals surface area contributed by atoms with Crippen LogP contribution in [0.1, 0.15) is 93.4 Å². The first kappa shape index (κ1) is 24.8. The molecule has 1 heterocycles. The molecule has 7 atom stereocenters. The first-order valence-corrected chi connectivity index (χ1v) is 13.2. The molecule has 1 spiro atoms. The van der Waals surface area contributed by atoms with Crippen LogP contribution in [0.15, 0.2) is 35.5 Å². The number of aliphatic hydroxyl groups is 1. The fourth-order valence-electron chi connectivity index (χ4n) is 9.01. The van der Waals surface area contributed by atoms with E-state index in [-0.39, 0.29) is 33.7 Å². The van der Waals surface area contributed by atoms with E-state index in [9.17, 15) is 9.90 Å². The number of fused-ring (bicyclic) bond motifs is 4. The van der Waals surface area contributed by atoms with Crippen molar-refractivity contribution in [2.24, 2.45) is 39.4 Å². The zero-order chi connectivity index (χ0) is 24.2. The van der Waals surface area contributed by atoms with Crippen LogP contribution in [-0.4, -0.2) is 23.8 Å².